The molecule has 0 heterocycles. The fourth-order valence-electron chi connectivity index (χ4n) is 1.37. The van der Waals surface area contributed by atoms with Crippen LogP contribution in [-0.4, -0.2) is 37.5 Å². The molecule has 0 bridgehead atoms. The lowest BCUT2D eigenvalue weighted by Gasteiger charge is -2.10. The SMILES string of the molecule is CC(C)=CCOC(=O)c1ccc(C(=O)N(C)C)cc1. The summed E-state index contributed by atoms with van der Waals surface area (Å²) in [5.74, 6) is -0.481. The molecular formula is C15H19NO3. The quantitative estimate of drug-likeness (QED) is 0.618. The Morgan fingerprint density at radius 3 is 2.11 bits per heavy atom. The third-order valence-electron chi connectivity index (χ3n) is 2.48. The Hall–Kier alpha value is -2.10. The van der Waals surface area contributed by atoms with E-state index in [0.29, 0.717) is 11.1 Å². The molecule has 0 atom stereocenters. The van der Waals surface area contributed by atoms with Gasteiger partial charge in [0.15, 0.2) is 0 Å². The minimum absolute atomic E-state index is 0.0931. The van der Waals surface area contributed by atoms with Gasteiger partial charge in [-0.25, -0.2) is 4.79 Å². The van der Waals surface area contributed by atoms with Crippen molar-refractivity contribution in [1.82, 2.24) is 4.90 Å². The van der Waals surface area contributed by atoms with Gasteiger partial charge in [0, 0.05) is 19.7 Å². The smallest absolute Gasteiger partial charge is 0.338 e. The van der Waals surface area contributed by atoms with E-state index >= 15 is 0 Å². The first kappa shape index (κ1) is 15.0. The molecule has 0 aliphatic rings. The van der Waals surface area contributed by atoms with Crippen LogP contribution in [0.5, 0.6) is 0 Å². The molecule has 1 aromatic carbocycles. The zero-order valence-electron chi connectivity index (χ0n) is 11.8. The summed E-state index contributed by atoms with van der Waals surface area (Å²) in [7, 11) is 3.37. The van der Waals surface area contributed by atoms with E-state index in [1.807, 2.05) is 19.9 Å². The Balaban J connectivity index is 2.68. The maximum atomic E-state index is 11.7. The highest BCUT2D eigenvalue weighted by Gasteiger charge is 2.10. The van der Waals surface area contributed by atoms with Crippen molar-refractivity contribution in [3.8, 4) is 0 Å². The van der Waals surface area contributed by atoms with Gasteiger partial charge in [-0.1, -0.05) is 5.57 Å². The molecule has 0 radical (unpaired) electrons. The Morgan fingerprint density at radius 1 is 1.11 bits per heavy atom. The molecule has 0 unspecified atom stereocenters. The number of rotatable bonds is 4. The zero-order valence-corrected chi connectivity index (χ0v) is 11.8. The lowest BCUT2D eigenvalue weighted by Crippen LogP contribution is -2.21. The van der Waals surface area contributed by atoms with Crippen LogP contribution in [0.4, 0.5) is 0 Å². The second-order valence-electron chi connectivity index (χ2n) is 4.66. The van der Waals surface area contributed by atoms with E-state index in [0.717, 1.165) is 5.57 Å². The van der Waals surface area contributed by atoms with Crippen LogP contribution in [-0.2, 0) is 4.74 Å². The number of carbonyl (C=O) groups excluding carboxylic acids is 2. The number of benzene rings is 1. The highest BCUT2D eigenvalue weighted by molar-refractivity contribution is 5.95. The summed E-state index contributed by atoms with van der Waals surface area (Å²) in [4.78, 5) is 24.9. The molecule has 0 saturated heterocycles. The summed E-state index contributed by atoms with van der Waals surface area (Å²) in [6, 6.07) is 6.45. The van der Waals surface area contributed by atoms with E-state index in [2.05, 4.69) is 0 Å². The summed E-state index contributed by atoms with van der Waals surface area (Å²) in [6.45, 7) is 4.14. The highest BCUT2D eigenvalue weighted by atomic mass is 16.5. The Bertz CT molecular complexity index is 483. The minimum Gasteiger partial charge on any atom is -0.458 e. The van der Waals surface area contributed by atoms with Gasteiger partial charge in [-0.3, -0.25) is 4.79 Å². The average molecular weight is 261 g/mol. The van der Waals surface area contributed by atoms with Crippen LogP contribution in [0.2, 0.25) is 0 Å². The molecule has 1 amide bonds. The average Bonchev–Trinajstić information content (AvgIpc) is 2.37. The molecule has 4 nitrogen and oxygen atoms in total. The molecule has 0 aliphatic carbocycles. The number of allylic oxidation sites excluding steroid dienone is 1. The lowest BCUT2D eigenvalue weighted by molar-refractivity contribution is 0.0548. The van der Waals surface area contributed by atoms with Crippen molar-refractivity contribution in [3.63, 3.8) is 0 Å². The predicted molar refractivity (Wildman–Crippen MR) is 74.2 cm³/mol. The monoisotopic (exact) mass is 261 g/mol. The van der Waals surface area contributed by atoms with E-state index < -0.39 is 0 Å². The second kappa shape index (κ2) is 6.73. The third-order valence-corrected chi connectivity index (χ3v) is 2.48. The normalized spacial score (nSPS) is 9.68. The number of amides is 1. The van der Waals surface area contributed by atoms with Crippen molar-refractivity contribution in [3.05, 3.63) is 47.0 Å². The van der Waals surface area contributed by atoms with Crippen LogP contribution < -0.4 is 0 Å². The van der Waals surface area contributed by atoms with Crippen molar-refractivity contribution in [2.45, 2.75) is 13.8 Å². The predicted octanol–water partition coefficient (Wildman–Crippen LogP) is 2.51. The lowest BCUT2D eigenvalue weighted by atomic mass is 10.1. The first-order valence-electron chi connectivity index (χ1n) is 6.04. The number of hydrogen-bond acceptors (Lipinski definition) is 3. The van der Waals surface area contributed by atoms with Gasteiger partial charge in [0.1, 0.15) is 6.61 Å². The van der Waals surface area contributed by atoms with Crippen molar-refractivity contribution >= 4 is 11.9 Å². The van der Waals surface area contributed by atoms with Crippen molar-refractivity contribution in [2.75, 3.05) is 20.7 Å². The maximum Gasteiger partial charge on any atom is 0.338 e. The molecule has 1 aromatic rings. The van der Waals surface area contributed by atoms with Gasteiger partial charge in [-0.2, -0.15) is 0 Å². The number of nitrogens with zero attached hydrogens (tertiary/aromatic N) is 1. The molecule has 0 aliphatic heterocycles. The van der Waals surface area contributed by atoms with Crippen LogP contribution in [0, 0.1) is 0 Å². The number of esters is 1. The van der Waals surface area contributed by atoms with Crippen molar-refractivity contribution < 1.29 is 14.3 Å². The van der Waals surface area contributed by atoms with E-state index in [4.69, 9.17) is 4.74 Å². The van der Waals surface area contributed by atoms with Crippen LogP contribution in [0.15, 0.2) is 35.9 Å². The summed E-state index contributed by atoms with van der Waals surface area (Å²) >= 11 is 0. The maximum absolute atomic E-state index is 11.7. The summed E-state index contributed by atoms with van der Waals surface area (Å²) < 4.78 is 5.08. The van der Waals surface area contributed by atoms with E-state index in [1.165, 1.54) is 4.90 Å². The van der Waals surface area contributed by atoms with Gasteiger partial charge in [0.05, 0.1) is 5.56 Å². The minimum atomic E-state index is -0.388. The largest absolute Gasteiger partial charge is 0.458 e. The van der Waals surface area contributed by atoms with Gasteiger partial charge in [-0.05, 0) is 44.2 Å². The summed E-state index contributed by atoms with van der Waals surface area (Å²) in [6.07, 6.45) is 1.84. The first-order valence-corrected chi connectivity index (χ1v) is 6.04. The fraction of sp³-hybridized carbons (Fsp3) is 0.333. The van der Waals surface area contributed by atoms with Crippen LogP contribution in [0.3, 0.4) is 0 Å². The number of ether oxygens (including phenoxy) is 1. The number of carbonyl (C=O) groups is 2. The molecule has 0 fully saturated rings. The van der Waals surface area contributed by atoms with E-state index in [9.17, 15) is 9.59 Å². The van der Waals surface area contributed by atoms with Crippen LogP contribution >= 0.6 is 0 Å². The Morgan fingerprint density at radius 2 is 1.63 bits per heavy atom. The highest BCUT2D eigenvalue weighted by Crippen LogP contribution is 2.08. The summed E-state index contributed by atoms with van der Waals surface area (Å²) in [5, 5.41) is 0. The topological polar surface area (TPSA) is 46.6 Å². The van der Waals surface area contributed by atoms with Crippen LogP contribution in [0.25, 0.3) is 0 Å². The summed E-state index contributed by atoms with van der Waals surface area (Å²) in [5.41, 5.74) is 2.09. The molecule has 19 heavy (non-hydrogen) atoms. The van der Waals surface area contributed by atoms with Gasteiger partial charge in [0.2, 0.25) is 0 Å². The number of hydrogen-bond donors (Lipinski definition) is 0. The van der Waals surface area contributed by atoms with Crippen LogP contribution in [0.1, 0.15) is 34.6 Å². The molecule has 0 saturated carbocycles. The van der Waals surface area contributed by atoms with E-state index in [-0.39, 0.29) is 18.5 Å². The van der Waals surface area contributed by atoms with Crippen molar-refractivity contribution in [2.24, 2.45) is 0 Å². The molecule has 4 heteroatoms. The Kier molecular flexibility index (Phi) is 5.30. The first-order chi connectivity index (χ1) is 8.91. The second-order valence-corrected chi connectivity index (χ2v) is 4.66. The molecule has 0 spiro atoms. The Labute approximate surface area is 113 Å². The molecule has 0 N–H and O–H groups in total. The van der Waals surface area contributed by atoms with Gasteiger partial charge >= 0.3 is 5.97 Å². The van der Waals surface area contributed by atoms with Crippen molar-refractivity contribution in [1.29, 1.82) is 0 Å². The molecule has 0 aromatic heterocycles. The molecular weight excluding hydrogens is 242 g/mol. The standard InChI is InChI=1S/C15H19NO3/c1-11(2)9-10-19-15(18)13-7-5-12(6-8-13)14(17)16(3)4/h5-9H,10H2,1-4H3. The van der Waals surface area contributed by atoms with E-state index in [1.54, 1.807) is 38.4 Å². The van der Waals surface area contributed by atoms with Gasteiger partial charge < -0.3 is 9.64 Å². The van der Waals surface area contributed by atoms with Gasteiger partial charge in [-0.15, -0.1) is 0 Å². The molecule has 1 rings (SSSR count). The molecule has 102 valence electrons. The third kappa shape index (κ3) is 4.58. The zero-order chi connectivity index (χ0) is 14.4. The van der Waals surface area contributed by atoms with Gasteiger partial charge in [0.25, 0.3) is 5.91 Å². The fourth-order valence-corrected chi connectivity index (χ4v) is 1.37.